The Hall–Kier alpha value is -2.47. The van der Waals surface area contributed by atoms with Crippen LogP contribution in [0.5, 0.6) is 5.75 Å². The van der Waals surface area contributed by atoms with Crippen LogP contribution in [0.1, 0.15) is 49.8 Å². The normalized spacial score (nSPS) is 16.7. The second-order valence-corrected chi connectivity index (χ2v) is 7.17. The summed E-state index contributed by atoms with van der Waals surface area (Å²) in [6, 6.07) is 15.9. The zero-order chi connectivity index (χ0) is 19.9. The molecule has 1 aliphatic rings. The van der Waals surface area contributed by atoms with E-state index in [4.69, 9.17) is 0 Å². The highest BCUT2D eigenvalue weighted by atomic mass is 19.3. The Morgan fingerprint density at radius 3 is 2.21 bits per heavy atom. The van der Waals surface area contributed by atoms with Crippen molar-refractivity contribution in [1.29, 1.82) is 0 Å². The van der Waals surface area contributed by atoms with Gasteiger partial charge in [-0.25, -0.2) is 0 Å². The molecular weight excluding hydrogens is 362 g/mol. The number of rotatable bonds is 8. The highest BCUT2D eigenvalue weighted by Crippen LogP contribution is 2.25. The fourth-order valence-corrected chi connectivity index (χ4v) is 3.59. The van der Waals surface area contributed by atoms with Gasteiger partial charge >= 0.3 is 6.61 Å². The van der Waals surface area contributed by atoms with E-state index < -0.39 is 12.7 Å². The molecule has 3 rings (SSSR count). The predicted octanol–water partition coefficient (Wildman–Crippen LogP) is 4.41. The van der Waals surface area contributed by atoms with Crippen molar-refractivity contribution in [3.05, 3.63) is 65.7 Å². The van der Waals surface area contributed by atoms with Gasteiger partial charge in [0, 0.05) is 6.04 Å². The Morgan fingerprint density at radius 2 is 1.61 bits per heavy atom. The first kappa shape index (κ1) is 20.3. The van der Waals surface area contributed by atoms with Crippen molar-refractivity contribution in [2.45, 2.75) is 57.3 Å². The topological polar surface area (TPSA) is 50.4 Å². The number of halogens is 2. The van der Waals surface area contributed by atoms with Crippen LogP contribution in [-0.4, -0.2) is 24.6 Å². The van der Waals surface area contributed by atoms with Crippen LogP contribution in [0.15, 0.2) is 54.6 Å². The lowest BCUT2D eigenvalue weighted by Crippen LogP contribution is -2.46. The van der Waals surface area contributed by atoms with E-state index in [1.807, 2.05) is 37.3 Å². The third kappa shape index (κ3) is 5.52. The van der Waals surface area contributed by atoms with E-state index in [0.29, 0.717) is 0 Å². The van der Waals surface area contributed by atoms with Gasteiger partial charge in [0.1, 0.15) is 5.75 Å². The summed E-state index contributed by atoms with van der Waals surface area (Å²) in [4.78, 5) is 12.6. The number of hydrogen-bond donors (Lipinski definition) is 2. The van der Waals surface area contributed by atoms with E-state index in [2.05, 4.69) is 15.4 Å². The molecule has 1 aliphatic carbocycles. The number of carbonyl (C=O) groups excluding carboxylic acids is 1. The van der Waals surface area contributed by atoms with Gasteiger partial charge in [-0.2, -0.15) is 8.78 Å². The Labute approximate surface area is 164 Å². The van der Waals surface area contributed by atoms with Crippen LogP contribution in [0.3, 0.4) is 0 Å². The number of nitrogens with one attached hydrogen (secondary N) is 2. The lowest BCUT2D eigenvalue weighted by molar-refractivity contribution is -0.123. The third-order valence-electron chi connectivity index (χ3n) is 5.08. The van der Waals surface area contributed by atoms with Crippen molar-refractivity contribution in [2.24, 2.45) is 0 Å². The van der Waals surface area contributed by atoms with Crippen LogP contribution < -0.4 is 15.4 Å². The maximum absolute atomic E-state index is 12.6. The summed E-state index contributed by atoms with van der Waals surface area (Å²) in [5.41, 5.74) is 1.86. The van der Waals surface area contributed by atoms with Crippen molar-refractivity contribution >= 4 is 5.91 Å². The number of amides is 1. The minimum atomic E-state index is -2.85. The summed E-state index contributed by atoms with van der Waals surface area (Å²) in [5.74, 6) is 0.0862. The molecule has 0 bridgehead atoms. The van der Waals surface area contributed by atoms with Crippen molar-refractivity contribution in [3.8, 4) is 5.75 Å². The van der Waals surface area contributed by atoms with Crippen molar-refractivity contribution in [1.82, 2.24) is 10.6 Å². The second kappa shape index (κ2) is 9.64. The summed E-state index contributed by atoms with van der Waals surface area (Å²) in [6.07, 6.45) is 4.39. The number of benzene rings is 2. The van der Waals surface area contributed by atoms with Gasteiger partial charge in [0.25, 0.3) is 0 Å². The van der Waals surface area contributed by atoms with E-state index in [0.717, 1.165) is 36.8 Å². The number of hydrogen-bond acceptors (Lipinski definition) is 3. The van der Waals surface area contributed by atoms with Gasteiger partial charge in [0.05, 0.1) is 12.1 Å². The van der Waals surface area contributed by atoms with Gasteiger partial charge < -0.3 is 10.1 Å². The molecule has 0 radical (unpaired) electrons. The largest absolute Gasteiger partial charge is 0.435 e. The van der Waals surface area contributed by atoms with E-state index >= 15 is 0 Å². The van der Waals surface area contributed by atoms with Crippen molar-refractivity contribution < 1.29 is 18.3 Å². The molecule has 0 heterocycles. The van der Waals surface area contributed by atoms with Gasteiger partial charge in [-0.1, -0.05) is 55.3 Å². The van der Waals surface area contributed by atoms with Crippen LogP contribution in [0.4, 0.5) is 8.78 Å². The molecule has 0 aliphatic heterocycles. The Morgan fingerprint density at radius 1 is 1.00 bits per heavy atom. The monoisotopic (exact) mass is 388 g/mol. The van der Waals surface area contributed by atoms with Gasteiger partial charge in [-0.3, -0.25) is 10.1 Å². The molecular formula is C22H26F2N2O2. The van der Waals surface area contributed by atoms with Crippen LogP contribution in [0, 0.1) is 0 Å². The van der Waals surface area contributed by atoms with Crippen LogP contribution in [-0.2, 0) is 4.79 Å². The maximum Gasteiger partial charge on any atom is 0.387 e. The highest BCUT2D eigenvalue weighted by Gasteiger charge is 2.24. The smallest absolute Gasteiger partial charge is 0.387 e. The van der Waals surface area contributed by atoms with Gasteiger partial charge in [0.2, 0.25) is 5.91 Å². The zero-order valence-corrected chi connectivity index (χ0v) is 15.9. The molecule has 28 heavy (non-hydrogen) atoms. The van der Waals surface area contributed by atoms with Crippen molar-refractivity contribution in [2.75, 3.05) is 0 Å². The Bertz CT molecular complexity index is 747. The molecule has 0 saturated heterocycles. The van der Waals surface area contributed by atoms with Crippen molar-refractivity contribution in [3.63, 3.8) is 0 Å². The zero-order valence-electron chi connectivity index (χ0n) is 15.9. The number of alkyl halides is 2. The summed E-state index contributed by atoms with van der Waals surface area (Å²) < 4.78 is 29.2. The van der Waals surface area contributed by atoms with Crippen LogP contribution >= 0.6 is 0 Å². The van der Waals surface area contributed by atoms with Gasteiger partial charge in [0.15, 0.2) is 0 Å². The molecule has 0 spiro atoms. The first-order valence-electron chi connectivity index (χ1n) is 9.69. The second-order valence-electron chi connectivity index (χ2n) is 7.17. The lowest BCUT2D eigenvalue weighted by Gasteiger charge is -2.25. The number of carbonyl (C=O) groups is 1. The molecule has 2 atom stereocenters. The van der Waals surface area contributed by atoms with Gasteiger partial charge in [-0.15, -0.1) is 0 Å². The van der Waals surface area contributed by atoms with Crippen LogP contribution in [0.25, 0.3) is 0 Å². The maximum atomic E-state index is 12.6. The summed E-state index contributed by atoms with van der Waals surface area (Å²) >= 11 is 0. The molecule has 150 valence electrons. The molecule has 2 aromatic rings. The quantitative estimate of drug-likeness (QED) is 0.704. The predicted molar refractivity (Wildman–Crippen MR) is 104 cm³/mol. The highest BCUT2D eigenvalue weighted by molar-refractivity contribution is 5.81. The molecule has 2 N–H and O–H groups in total. The van der Waals surface area contributed by atoms with E-state index in [9.17, 15) is 13.6 Å². The fraction of sp³-hybridized carbons (Fsp3) is 0.409. The first-order valence-corrected chi connectivity index (χ1v) is 9.69. The third-order valence-corrected chi connectivity index (χ3v) is 5.08. The number of ether oxygens (including phenoxy) is 1. The molecule has 6 heteroatoms. The Balaban J connectivity index is 1.74. The minimum absolute atomic E-state index is 0.0227. The molecule has 1 amide bonds. The molecule has 1 fully saturated rings. The standard InChI is InChI=1S/C22H26F2N2O2/c1-15(21(27)26-18-9-5-6-10-18)25-20(16-7-3-2-4-8-16)17-11-13-19(14-12-17)28-22(23)24/h2-4,7-8,11-15,18,20,22,25H,5-6,9-10H2,1H3,(H,26,27)/t15-,20-/m0/s1. The van der Waals surface area contributed by atoms with Gasteiger partial charge in [-0.05, 0) is 43.0 Å². The van der Waals surface area contributed by atoms with Crippen LogP contribution in [0.2, 0.25) is 0 Å². The molecule has 1 saturated carbocycles. The summed E-state index contributed by atoms with van der Waals surface area (Å²) in [5, 5.41) is 6.50. The molecule has 0 unspecified atom stereocenters. The summed E-state index contributed by atoms with van der Waals surface area (Å²) in [6.45, 7) is -1.01. The molecule has 2 aromatic carbocycles. The average molecular weight is 388 g/mol. The molecule has 0 aromatic heterocycles. The van der Waals surface area contributed by atoms with E-state index in [1.165, 1.54) is 12.1 Å². The average Bonchev–Trinajstić information content (AvgIpc) is 3.20. The lowest BCUT2D eigenvalue weighted by atomic mass is 9.97. The first-order chi connectivity index (χ1) is 13.5. The fourth-order valence-electron chi connectivity index (χ4n) is 3.59. The summed E-state index contributed by atoms with van der Waals surface area (Å²) in [7, 11) is 0. The van der Waals surface area contributed by atoms with E-state index in [1.54, 1.807) is 12.1 Å². The Kier molecular flexibility index (Phi) is 6.98. The minimum Gasteiger partial charge on any atom is -0.435 e. The molecule has 4 nitrogen and oxygen atoms in total. The van der Waals surface area contributed by atoms with E-state index in [-0.39, 0.29) is 23.7 Å². The SMILES string of the molecule is C[C@H](N[C@@H](c1ccccc1)c1ccc(OC(F)F)cc1)C(=O)NC1CCCC1.